The van der Waals surface area contributed by atoms with Gasteiger partial charge < -0.3 is 15.1 Å². The largest absolute Gasteiger partial charge is 0.417 e. The van der Waals surface area contributed by atoms with E-state index in [1.807, 2.05) is 6.07 Å². The van der Waals surface area contributed by atoms with Crippen molar-refractivity contribution in [2.75, 3.05) is 7.05 Å². The molecule has 1 amide bonds. The Balaban J connectivity index is 2.10. The van der Waals surface area contributed by atoms with Crippen LogP contribution in [-0.4, -0.2) is 23.5 Å². The second-order valence-corrected chi connectivity index (χ2v) is 4.90. The monoisotopic (exact) mass is 263 g/mol. The van der Waals surface area contributed by atoms with Gasteiger partial charge in [0.05, 0.1) is 11.1 Å². The van der Waals surface area contributed by atoms with E-state index >= 15 is 0 Å². The maximum Gasteiger partial charge on any atom is 0.417 e. The molecular formula is C13H17N3O3. The maximum absolute atomic E-state index is 11.9. The van der Waals surface area contributed by atoms with E-state index in [4.69, 9.17) is 4.42 Å². The summed E-state index contributed by atoms with van der Waals surface area (Å²) < 4.78 is 4.97. The lowest BCUT2D eigenvalue weighted by Crippen LogP contribution is -2.50. The van der Waals surface area contributed by atoms with E-state index in [1.165, 1.54) is 0 Å². The molecule has 102 valence electrons. The van der Waals surface area contributed by atoms with Crippen LogP contribution in [0.25, 0.3) is 11.1 Å². The number of H-pyrrole nitrogens is 1. The van der Waals surface area contributed by atoms with Crippen molar-refractivity contribution in [2.45, 2.75) is 25.9 Å². The fraction of sp³-hybridized carbons (Fsp3) is 0.385. The number of carbonyl (C=O) groups is 1. The molecule has 0 saturated heterocycles. The number of hydrogen-bond donors (Lipinski definition) is 3. The summed E-state index contributed by atoms with van der Waals surface area (Å²) in [6.07, 6.45) is 0. The van der Waals surface area contributed by atoms with E-state index < -0.39 is 11.3 Å². The van der Waals surface area contributed by atoms with E-state index in [-0.39, 0.29) is 5.91 Å². The van der Waals surface area contributed by atoms with Gasteiger partial charge in [-0.2, -0.15) is 0 Å². The molecule has 2 aromatic rings. The average Bonchev–Trinajstić information content (AvgIpc) is 2.74. The highest BCUT2D eigenvalue weighted by Gasteiger charge is 2.24. The first-order valence-corrected chi connectivity index (χ1v) is 6.01. The zero-order valence-corrected chi connectivity index (χ0v) is 11.2. The lowest BCUT2D eigenvalue weighted by Gasteiger charge is -2.22. The van der Waals surface area contributed by atoms with E-state index in [2.05, 4.69) is 15.6 Å². The van der Waals surface area contributed by atoms with E-state index in [0.29, 0.717) is 17.6 Å². The SMILES string of the molecule is CNC(C)(C)C(=O)NCc1ccc2[nH]c(=O)oc2c1. The minimum absolute atomic E-state index is 0.0920. The summed E-state index contributed by atoms with van der Waals surface area (Å²) in [5.74, 6) is -0.571. The highest BCUT2D eigenvalue weighted by molar-refractivity contribution is 5.85. The summed E-state index contributed by atoms with van der Waals surface area (Å²) in [6.45, 7) is 3.99. The molecule has 0 aliphatic carbocycles. The molecule has 0 saturated carbocycles. The van der Waals surface area contributed by atoms with Crippen LogP contribution in [0, 0.1) is 0 Å². The standard InChI is InChI=1S/C13H17N3O3/c1-13(2,14-3)11(17)15-7-8-4-5-9-10(6-8)19-12(18)16-9/h4-6,14H,7H2,1-3H3,(H,15,17)(H,16,18). The molecule has 3 N–H and O–H groups in total. The van der Waals surface area contributed by atoms with Crippen molar-refractivity contribution in [3.05, 3.63) is 34.3 Å². The lowest BCUT2D eigenvalue weighted by atomic mass is 10.1. The van der Waals surface area contributed by atoms with Crippen molar-refractivity contribution in [2.24, 2.45) is 0 Å². The summed E-state index contributed by atoms with van der Waals surface area (Å²) in [6, 6.07) is 5.32. The highest BCUT2D eigenvalue weighted by atomic mass is 16.4. The van der Waals surface area contributed by atoms with E-state index in [0.717, 1.165) is 5.56 Å². The molecular weight excluding hydrogens is 246 g/mol. The Bertz CT molecular complexity index is 654. The Morgan fingerprint density at radius 1 is 1.42 bits per heavy atom. The molecule has 0 unspecified atom stereocenters. The Kier molecular flexibility index (Phi) is 3.44. The van der Waals surface area contributed by atoms with Crippen molar-refractivity contribution >= 4 is 17.0 Å². The zero-order chi connectivity index (χ0) is 14.0. The number of carbonyl (C=O) groups excluding carboxylic acids is 1. The molecule has 6 heteroatoms. The van der Waals surface area contributed by atoms with Gasteiger partial charge in [0.1, 0.15) is 0 Å². The summed E-state index contributed by atoms with van der Waals surface area (Å²) in [7, 11) is 1.74. The van der Waals surface area contributed by atoms with Crippen molar-refractivity contribution in [1.82, 2.24) is 15.6 Å². The van der Waals surface area contributed by atoms with Crippen LogP contribution in [0.2, 0.25) is 0 Å². The van der Waals surface area contributed by atoms with Gasteiger partial charge in [-0.1, -0.05) is 6.07 Å². The molecule has 1 heterocycles. The Morgan fingerprint density at radius 2 is 2.16 bits per heavy atom. The second-order valence-electron chi connectivity index (χ2n) is 4.90. The van der Waals surface area contributed by atoms with Crippen LogP contribution in [0.1, 0.15) is 19.4 Å². The van der Waals surface area contributed by atoms with Crippen LogP contribution >= 0.6 is 0 Å². The number of rotatable bonds is 4. The second kappa shape index (κ2) is 4.89. The third kappa shape index (κ3) is 2.85. The molecule has 0 spiro atoms. The van der Waals surface area contributed by atoms with Crippen molar-refractivity contribution in [1.29, 1.82) is 0 Å². The van der Waals surface area contributed by atoms with Crippen LogP contribution in [0.4, 0.5) is 0 Å². The van der Waals surface area contributed by atoms with Crippen LogP contribution < -0.4 is 16.4 Å². The number of fused-ring (bicyclic) bond motifs is 1. The number of amides is 1. The number of hydrogen-bond acceptors (Lipinski definition) is 4. The minimum atomic E-state index is -0.620. The van der Waals surface area contributed by atoms with Gasteiger partial charge in [-0.05, 0) is 38.6 Å². The first kappa shape index (κ1) is 13.4. The Hall–Kier alpha value is -2.08. The maximum atomic E-state index is 11.9. The topological polar surface area (TPSA) is 87.1 Å². The van der Waals surface area contributed by atoms with Gasteiger partial charge in [-0.3, -0.25) is 9.78 Å². The lowest BCUT2D eigenvalue weighted by molar-refractivity contribution is -0.126. The van der Waals surface area contributed by atoms with Gasteiger partial charge in [-0.25, -0.2) is 4.79 Å². The summed E-state index contributed by atoms with van der Waals surface area (Å²) in [5, 5.41) is 5.76. The zero-order valence-electron chi connectivity index (χ0n) is 11.2. The number of benzene rings is 1. The van der Waals surface area contributed by atoms with Crippen LogP contribution in [0.5, 0.6) is 0 Å². The molecule has 0 aliphatic rings. The van der Waals surface area contributed by atoms with Crippen molar-refractivity contribution in [3.63, 3.8) is 0 Å². The molecule has 0 bridgehead atoms. The molecule has 0 atom stereocenters. The summed E-state index contributed by atoms with van der Waals surface area (Å²) >= 11 is 0. The highest BCUT2D eigenvalue weighted by Crippen LogP contribution is 2.12. The molecule has 19 heavy (non-hydrogen) atoms. The van der Waals surface area contributed by atoms with E-state index in [1.54, 1.807) is 33.0 Å². The smallest absolute Gasteiger partial charge is 0.408 e. The number of oxazole rings is 1. The normalized spacial score (nSPS) is 11.7. The van der Waals surface area contributed by atoms with Gasteiger partial charge in [0.25, 0.3) is 0 Å². The van der Waals surface area contributed by atoms with Crippen LogP contribution in [0.15, 0.2) is 27.4 Å². The number of likely N-dealkylation sites (N-methyl/N-ethyl adjacent to an activating group) is 1. The predicted octanol–water partition coefficient (Wildman–Crippen LogP) is 0.735. The molecule has 0 radical (unpaired) electrons. The summed E-state index contributed by atoms with van der Waals surface area (Å²) in [4.78, 5) is 25.5. The third-order valence-electron chi connectivity index (χ3n) is 3.13. The molecule has 1 aromatic heterocycles. The Morgan fingerprint density at radius 3 is 2.84 bits per heavy atom. The Labute approximate surface area is 110 Å². The quantitative estimate of drug-likeness (QED) is 0.759. The summed E-state index contributed by atoms with van der Waals surface area (Å²) in [5.41, 5.74) is 1.39. The van der Waals surface area contributed by atoms with Crippen LogP contribution in [0.3, 0.4) is 0 Å². The fourth-order valence-electron chi connectivity index (χ4n) is 1.62. The number of nitrogens with one attached hydrogen (secondary N) is 3. The first-order valence-electron chi connectivity index (χ1n) is 6.01. The third-order valence-corrected chi connectivity index (χ3v) is 3.13. The molecule has 0 aliphatic heterocycles. The van der Waals surface area contributed by atoms with Crippen molar-refractivity contribution < 1.29 is 9.21 Å². The predicted molar refractivity (Wildman–Crippen MR) is 71.8 cm³/mol. The molecule has 2 rings (SSSR count). The molecule has 6 nitrogen and oxygen atoms in total. The number of aromatic amines is 1. The van der Waals surface area contributed by atoms with Gasteiger partial charge in [0, 0.05) is 6.54 Å². The van der Waals surface area contributed by atoms with Crippen molar-refractivity contribution in [3.8, 4) is 0 Å². The van der Waals surface area contributed by atoms with Crippen LogP contribution in [-0.2, 0) is 11.3 Å². The average molecular weight is 263 g/mol. The van der Waals surface area contributed by atoms with E-state index in [9.17, 15) is 9.59 Å². The first-order chi connectivity index (χ1) is 8.92. The molecule has 0 fully saturated rings. The number of aromatic nitrogens is 1. The van der Waals surface area contributed by atoms with Gasteiger partial charge in [-0.15, -0.1) is 0 Å². The minimum Gasteiger partial charge on any atom is -0.408 e. The van der Waals surface area contributed by atoms with Gasteiger partial charge >= 0.3 is 5.76 Å². The van der Waals surface area contributed by atoms with Gasteiger partial charge in [0.15, 0.2) is 5.58 Å². The van der Waals surface area contributed by atoms with Gasteiger partial charge in [0.2, 0.25) is 5.91 Å². The molecule has 1 aromatic carbocycles. The fourth-order valence-corrected chi connectivity index (χ4v) is 1.62.